The van der Waals surface area contributed by atoms with Crippen molar-refractivity contribution < 1.29 is 14.6 Å². The molecule has 1 atom stereocenters. The van der Waals surface area contributed by atoms with Gasteiger partial charge in [0.1, 0.15) is 5.60 Å². The summed E-state index contributed by atoms with van der Waals surface area (Å²) in [6.45, 7) is 5.51. The fourth-order valence-electron chi connectivity index (χ4n) is 1.42. The maximum atomic E-state index is 11.2. The van der Waals surface area contributed by atoms with Crippen molar-refractivity contribution in [2.45, 2.75) is 38.7 Å². The normalized spacial score (nSPS) is 13.1. The van der Waals surface area contributed by atoms with Crippen molar-refractivity contribution in [1.29, 1.82) is 5.41 Å². The van der Waals surface area contributed by atoms with Gasteiger partial charge in [0.15, 0.2) is 5.90 Å². The highest BCUT2D eigenvalue weighted by Crippen LogP contribution is 2.24. The first kappa shape index (κ1) is 13.7. The van der Waals surface area contributed by atoms with E-state index in [1.165, 1.54) is 11.3 Å². The molecule has 0 aliphatic heterocycles. The van der Waals surface area contributed by atoms with Crippen LogP contribution >= 0.6 is 11.3 Å². The number of carbonyl (C=O) groups is 1. The fourth-order valence-corrected chi connectivity index (χ4v) is 2.13. The molecule has 1 aromatic heterocycles. The maximum Gasteiger partial charge on any atom is 0.311 e. The first-order chi connectivity index (χ1) is 7.79. The average Bonchev–Trinajstić information content (AvgIpc) is 2.63. The number of carboxylic acids is 1. The molecule has 0 saturated heterocycles. The molecule has 0 amide bonds. The zero-order valence-corrected chi connectivity index (χ0v) is 11.0. The highest BCUT2D eigenvalue weighted by molar-refractivity contribution is 7.08. The van der Waals surface area contributed by atoms with E-state index in [0.717, 1.165) is 5.56 Å². The van der Waals surface area contributed by atoms with Gasteiger partial charge < -0.3 is 9.84 Å². The van der Waals surface area contributed by atoms with Crippen LogP contribution in [-0.2, 0) is 9.53 Å². The van der Waals surface area contributed by atoms with Crippen LogP contribution in [-0.4, -0.2) is 22.6 Å². The second-order valence-corrected chi connectivity index (χ2v) is 5.57. The Labute approximate surface area is 105 Å². The lowest BCUT2D eigenvalue weighted by atomic mass is 9.98. The van der Waals surface area contributed by atoms with Gasteiger partial charge in [0, 0.05) is 6.42 Å². The largest absolute Gasteiger partial charge is 0.481 e. The third kappa shape index (κ3) is 4.56. The molecule has 0 fully saturated rings. The SMILES string of the molecule is CC(C)(C)OC(=N)C[C@@H](C(=O)O)c1ccsc1. The minimum Gasteiger partial charge on any atom is -0.481 e. The summed E-state index contributed by atoms with van der Waals surface area (Å²) in [4.78, 5) is 11.2. The summed E-state index contributed by atoms with van der Waals surface area (Å²) in [5, 5.41) is 20.5. The zero-order valence-electron chi connectivity index (χ0n) is 10.2. The molecular weight excluding hydrogens is 238 g/mol. The van der Waals surface area contributed by atoms with Crippen molar-refractivity contribution >= 4 is 23.2 Å². The van der Waals surface area contributed by atoms with Gasteiger partial charge in [-0.05, 0) is 43.2 Å². The van der Waals surface area contributed by atoms with E-state index in [1.54, 1.807) is 11.4 Å². The molecule has 2 N–H and O–H groups in total. The molecular formula is C12H17NO3S. The van der Waals surface area contributed by atoms with Gasteiger partial charge in [-0.3, -0.25) is 10.2 Å². The summed E-state index contributed by atoms with van der Waals surface area (Å²) >= 11 is 1.45. The molecule has 5 heteroatoms. The summed E-state index contributed by atoms with van der Waals surface area (Å²) in [7, 11) is 0. The molecule has 17 heavy (non-hydrogen) atoms. The van der Waals surface area contributed by atoms with E-state index in [9.17, 15) is 4.79 Å². The highest BCUT2D eigenvalue weighted by Gasteiger charge is 2.24. The smallest absolute Gasteiger partial charge is 0.311 e. The van der Waals surface area contributed by atoms with Gasteiger partial charge in [0.25, 0.3) is 0 Å². The first-order valence-electron chi connectivity index (χ1n) is 5.31. The lowest BCUT2D eigenvalue weighted by Crippen LogP contribution is -2.26. The van der Waals surface area contributed by atoms with Crippen LogP contribution in [0.3, 0.4) is 0 Å². The molecule has 0 aliphatic rings. The predicted octanol–water partition coefficient (Wildman–Crippen LogP) is 3.10. The lowest BCUT2D eigenvalue weighted by molar-refractivity contribution is -0.138. The average molecular weight is 255 g/mol. The number of thiophene rings is 1. The number of hydrogen-bond donors (Lipinski definition) is 2. The molecule has 0 aromatic carbocycles. The number of carboxylic acid groups (broad SMARTS) is 1. The Morgan fingerprint density at radius 1 is 1.59 bits per heavy atom. The standard InChI is InChI=1S/C12H17NO3S/c1-12(2,3)16-10(13)6-9(11(14)15)8-4-5-17-7-8/h4-5,7,9,13H,6H2,1-3H3,(H,14,15)/t9-/m1/s1. The zero-order chi connectivity index (χ0) is 13.1. The molecule has 0 unspecified atom stereocenters. The van der Waals surface area contributed by atoms with Crippen molar-refractivity contribution in [2.75, 3.05) is 0 Å². The van der Waals surface area contributed by atoms with Gasteiger partial charge in [-0.2, -0.15) is 11.3 Å². The van der Waals surface area contributed by atoms with E-state index in [2.05, 4.69) is 0 Å². The number of nitrogens with one attached hydrogen (secondary N) is 1. The quantitative estimate of drug-likeness (QED) is 0.641. The molecule has 0 saturated carbocycles. The third-order valence-electron chi connectivity index (χ3n) is 2.06. The Morgan fingerprint density at radius 3 is 2.65 bits per heavy atom. The van der Waals surface area contributed by atoms with Crippen LogP contribution in [0.4, 0.5) is 0 Å². The summed E-state index contributed by atoms with van der Waals surface area (Å²) in [6, 6.07) is 1.77. The minimum atomic E-state index is -0.925. The van der Waals surface area contributed by atoms with Crippen molar-refractivity contribution in [3.63, 3.8) is 0 Å². The first-order valence-corrected chi connectivity index (χ1v) is 6.25. The van der Waals surface area contributed by atoms with Gasteiger partial charge in [-0.15, -0.1) is 0 Å². The van der Waals surface area contributed by atoms with Crippen LogP contribution in [0.25, 0.3) is 0 Å². The number of ether oxygens (including phenoxy) is 1. The van der Waals surface area contributed by atoms with Crippen LogP contribution in [0.15, 0.2) is 16.8 Å². The van der Waals surface area contributed by atoms with Crippen molar-refractivity contribution in [3.05, 3.63) is 22.4 Å². The van der Waals surface area contributed by atoms with Gasteiger partial charge in [0.05, 0.1) is 5.92 Å². The van der Waals surface area contributed by atoms with E-state index < -0.39 is 17.5 Å². The number of rotatable bonds is 4. The Hall–Kier alpha value is -1.36. The topological polar surface area (TPSA) is 70.4 Å². The Kier molecular flexibility index (Phi) is 4.28. The molecule has 0 radical (unpaired) electrons. The van der Waals surface area contributed by atoms with E-state index in [0.29, 0.717) is 0 Å². The molecule has 1 aromatic rings. The van der Waals surface area contributed by atoms with E-state index in [-0.39, 0.29) is 12.3 Å². The number of hydrogen-bond acceptors (Lipinski definition) is 4. The Morgan fingerprint density at radius 2 is 2.24 bits per heavy atom. The summed E-state index contributed by atoms with van der Waals surface area (Å²) in [6.07, 6.45) is 0.0866. The molecule has 1 rings (SSSR count). The lowest BCUT2D eigenvalue weighted by Gasteiger charge is -2.22. The van der Waals surface area contributed by atoms with Gasteiger partial charge in [-0.25, -0.2) is 0 Å². The van der Waals surface area contributed by atoms with Crippen molar-refractivity contribution in [3.8, 4) is 0 Å². The summed E-state index contributed by atoms with van der Waals surface area (Å²) in [5.41, 5.74) is 0.263. The molecule has 0 bridgehead atoms. The third-order valence-corrected chi connectivity index (χ3v) is 2.76. The molecule has 1 heterocycles. The van der Waals surface area contributed by atoms with Gasteiger partial charge in [-0.1, -0.05) is 0 Å². The predicted molar refractivity (Wildman–Crippen MR) is 67.9 cm³/mol. The second kappa shape index (κ2) is 5.31. The van der Waals surface area contributed by atoms with Crippen molar-refractivity contribution in [2.24, 2.45) is 0 Å². The Balaban J connectivity index is 2.69. The Bertz CT molecular complexity index is 392. The molecule has 0 spiro atoms. The van der Waals surface area contributed by atoms with Crippen LogP contribution in [0.1, 0.15) is 38.7 Å². The van der Waals surface area contributed by atoms with Crippen LogP contribution in [0.5, 0.6) is 0 Å². The van der Waals surface area contributed by atoms with Crippen LogP contribution in [0, 0.1) is 5.41 Å². The second-order valence-electron chi connectivity index (χ2n) is 4.79. The van der Waals surface area contributed by atoms with Crippen molar-refractivity contribution in [1.82, 2.24) is 0 Å². The number of aliphatic carboxylic acids is 1. The van der Waals surface area contributed by atoms with E-state index >= 15 is 0 Å². The molecule has 94 valence electrons. The maximum absolute atomic E-state index is 11.2. The van der Waals surface area contributed by atoms with Crippen LogP contribution in [0.2, 0.25) is 0 Å². The van der Waals surface area contributed by atoms with E-state index in [4.69, 9.17) is 15.3 Å². The molecule has 4 nitrogen and oxygen atoms in total. The van der Waals surface area contributed by atoms with Gasteiger partial charge >= 0.3 is 5.97 Å². The fraction of sp³-hybridized carbons (Fsp3) is 0.500. The van der Waals surface area contributed by atoms with E-state index in [1.807, 2.05) is 26.2 Å². The summed E-state index contributed by atoms with van der Waals surface area (Å²) < 4.78 is 5.34. The molecule has 0 aliphatic carbocycles. The minimum absolute atomic E-state index is 0.0103. The van der Waals surface area contributed by atoms with Gasteiger partial charge in [0.2, 0.25) is 0 Å². The summed E-state index contributed by atoms with van der Waals surface area (Å²) in [5.74, 6) is -1.61. The van der Waals surface area contributed by atoms with Crippen LogP contribution < -0.4 is 0 Å². The monoisotopic (exact) mass is 255 g/mol. The highest BCUT2D eigenvalue weighted by atomic mass is 32.1.